The maximum absolute atomic E-state index is 12.9. The Labute approximate surface area is 186 Å². The van der Waals surface area contributed by atoms with Crippen LogP contribution >= 0.6 is 0 Å². The van der Waals surface area contributed by atoms with Crippen molar-refractivity contribution in [2.75, 3.05) is 31.1 Å². The molecule has 4 aromatic rings. The van der Waals surface area contributed by atoms with E-state index in [1.54, 1.807) is 0 Å². The third-order valence-electron chi connectivity index (χ3n) is 6.16. The van der Waals surface area contributed by atoms with E-state index in [1.807, 2.05) is 60.4 Å². The smallest absolute Gasteiger partial charge is 0.228 e. The lowest BCUT2D eigenvalue weighted by Gasteiger charge is -2.35. The van der Waals surface area contributed by atoms with Crippen LogP contribution in [0.25, 0.3) is 22.2 Å². The number of amides is 1. The molecule has 1 saturated heterocycles. The van der Waals surface area contributed by atoms with Crippen molar-refractivity contribution in [3.05, 3.63) is 71.4 Å². The summed E-state index contributed by atoms with van der Waals surface area (Å²) in [5.74, 6) is 0.911. The van der Waals surface area contributed by atoms with Crippen molar-refractivity contribution in [1.29, 1.82) is 0 Å². The maximum atomic E-state index is 12.9. The van der Waals surface area contributed by atoms with Crippen LogP contribution in [0.5, 0.6) is 0 Å². The Hall–Kier alpha value is -3.74. The normalized spacial score (nSPS) is 14.2. The number of carbonyl (C=O) groups is 1. The number of aryl methyl sites for hydroxylation is 2. The lowest BCUT2D eigenvalue weighted by molar-refractivity contribution is -0.130. The molecule has 162 valence electrons. The summed E-state index contributed by atoms with van der Waals surface area (Å²) in [7, 11) is 0. The molecule has 1 fully saturated rings. The van der Waals surface area contributed by atoms with Crippen molar-refractivity contribution in [2.24, 2.45) is 0 Å². The van der Waals surface area contributed by atoms with Gasteiger partial charge in [0, 0.05) is 37.1 Å². The van der Waals surface area contributed by atoms with Gasteiger partial charge in [0.2, 0.25) is 5.91 Å². The zero-order valence-corrected chi connectivity index (χ0v) is 18.3. The minimum Gasteiger partial charge on any atom is -0.356 e. The van der Waals surface area contributed by atoms with Gasteiger partial charge in [0.15, 0.2) is 11.4 Å². The number of benzene rings is 2. The average molecular weight is 428 g/mol. The Bertz CT molecular complexity index is 1240. The fraction of sp³-hybridized carbons (Fsp3) is 0.280. The number of rotatable bonds is 4. The van der Waals surface area contributed by atoms with E-state index in [1.165, 1.54) is 5.56 Å². The molecule has 2 aromatic carbocycles. The van der Waals surface area contributed by atoms with Gasteiger partial charge in [-0.1, -0.05) is 35.5 Å². The van der Waals surface area contributed by atoms with Crippen LogP contribution in [0.2, 0.25) is 0 Å². The van der Waals surface area contributed by atoms with Gasteiger partial charge in [0.25, 0.3) is 0 Å². The predicted octanol–water partition coefficient (Wildman–Crippen LogP) is 3.79. The molecule has 7 heteroatoms. The SMILES string of the molecule is Cc1cc2onc(CC(=O)N3CCN(c4ccc(-c5ccccc5)nn4)CC3)c2cc1C. The molecule has 7 nitrogen and oxygen atoms in total. The molecule has 0 spiro atoms. The first-order valence-electron chi connectivity index (χ1n) is 10.9. The summed E-state index contributed by atoms with van der Waals surface area (Å²) in [6, 6.07) is 18.0. The first kappa shape index (κ1) is 20.2. The number of anilines is 1. The van der Waals surface area contributed by atoms with Gasteiger partial charge in [-0.25, -0.2) is 0 Å². The molecule has 5 rings (SSSR count). The molecule has 1 aliphatic rings. The van der Waals surface area contributed by atoms with E-state index >= 15 is 0 Å². The maximum Gasteiger partial charge on any atom is 0.228 e. The number of nitrogens with zero attached hydrogens (tertiary/aromatic N) is 5. The van der Waals surface area contributed by atoms with Gasteiger partial charge in [-0.15, -0.1) is 10.2 Å². The van der Waals surface area contributed by atoms with E-state index in [0.29, 0.717) is 18.8 Å². The second kappa shape index (κ2) is 8.42. The Morgan fingerprint density at radius 3 is 2.41 bits per heavy atom. The Morgan fingerprint density at radius 2 is 1.69 bits per heavy atom. The Kier molecular flexibility index (Phi) is 5.31. The summed E-state index contributed by atoms with van der Waals surface area (Å²) in [6.07, 6.45) is 0.251. The van der Waals surface area contributed by atoms with Crippen LogP contribution in [0.4, 0.5) is 5.82 Å². The lowest BCUT2D eigenvalue weighted by atomic mass is 10.1. The van der Waals surface area contributed by atoms with E-state index in [0.717, 1.165) is 46.7 Å². The monoisotopic (exact) mass is 427 g/mol. The van der Waals surface area contributed by atoms with Gasteiger partial charge < -0.3 is 14.3 Å². The number of hydrogen-bond acceptors (Lipinski definition) is 6. The average Bonchev–Trinajstić information content (AvgIpc) is 3.21. The molecule has 0 N–H and O–H groups in total. The molecule has 3 heterocycles. The molecule has 1 aliphatic heterocycles. The summed E-state index contributed by atoms with van der Waals surface area (Å²) in [4.78, 5) is 17.0. The van der Waals surface area contributed by atoms with Gasteiger partial charge >= 0.3 is 0 Å². The topological polar surface area (TPSA) is 75.4 Å². The van der Waals surface area contributed by atoms with Crippen LogP contribution in [-0.4, -0.2) is 52.3 Å². The molecule has 0 radical (unpaired) electrons. The number of piperazine rings is 1. The molecule has 0 atom stereocenters. The van der Waals surface area contributed by atoms with E-state index in [2.05, 4.69) is 33.2 Å². The van der Waals surface area contributed by atoms with Crippen molar-refractivity contribution in [1.82, 2.24) is 20.3 Å². The van der Waals surface area contributed by atoms with Crippen LogP contribution in [0.1, 0.15) is 16.8 Å². The molecule has 32 heavy (non-hydrogen) atoms. The molecule has 0 bridgehead atoms. The first-order chi connectivity index (χ1) is 15.6. The summed E-state index contributed by atoms with van der Waals surface area (Å²) < 4.78 is 5.45. The predicted molar refractivity (Wildman–Crippen MR) is 123 cm³/mol. The lowest BCUT2D eigenvalue weighted by Crippen LogP contribution is -2.49. The van der Waals surface area contributed by atoms with Crippen molar-refractivity contribution in [3.63, 3.8) is 0 Å². The van der Waals surface area contributed by atoms with Crippen LogP contribution in [-0.2, 0) is 11.2 Å². The van der Waals surface area contributed by atoms with E-state index in [4.69, 9.17) is 4.52 Å². The van der Waals surface area contributed by atoms with Gasteiger partial charge in [-0.05, 0) is 49.2 Å². The molecule has 1 amide bonds. The first-order valence-corrected chi connectivity index (χ1v) is 10.9. The van der Waals surface area contributed by atoms with Crippen molar-refractivity contribution < 1.29 is 9.32 Å². The minimum absolute atomic E-state index is 0.0728. The minimum atomic E-state index is 0.0728. The third kappa shape index (κ3) is 3.93. The highest BCUT2D eigenvalue weighted by Gasteiger charge is 2.24. The van der Waals surface area contributed by atoms with Crippen LogP contribution < -0.4 is 4.90 Å². The molecule has 0 aliphatic carbocycles. The fourth-order valence-corrected chi connectivity index (χ4v) is 4.07. The van der Waals surface area contributed by atoms with E-state index < -0.39 is 0 Å². The van der Waals surface area contributed by atoms with Crippen LogP contribution in [0.3, 0.4) is 0 Å². The second-order valence-corrected chi connectivity index (χ2v) is 8.25. The molecule has 0 saturated carbocycles. The summed E-state index contributed by atoms with van der Waals surface area (Å²) in [5, 5.41) is 13.9. The second-order valence-electron chi connectivity index (χ2n) is 8.25. The van der Waals surface area contributed by atoms with Crippen molar-refractivity contribution in [3.8, 4) is 11.3 Å². The van der Waals surface area contributed by atoms with E-state index in [9.17, 15) is 4.79 Å². The third-order valence-corrected chi connectivity index (χ3v) is 6.16. The van der Waals surface area contributed by atoms with Crippen LogP contribution in [0.15, 0.2) is 59.1 Å². The summed E-state index contributed by atoms with van der Waals surface area (Å²) >= 11 is 0. The number of fused-ring (bicyclic) bond motifs is 1. The standard InChI is InChI=1S/C25H25N5O2/c1-17-14-20-22(28-32-23(20)15-18(17)2)16-25(31)30-12-10-29(11-13-30)24-9-8-21(26-27-24)19-6-4-3-5-7-19/h3-9,14-15H,10-13,16H2,1-2H3. The van der Waals surface area contributed by atoms with Gasteiger partial charge in [0.05, 0.1) is 12.1 Å². The van der Waals surface area contributed by atoms with Gasteiger partial charge in [-0.3, -0.25) is 4.79 Å². The molecule has 2 aromatic heterocycles. The molecular weight excluding hydrogens is 402 g/mol. The van der Waals surface area contributed by atoms with Crippen molar-refractivity contribution in [2.45, 2.75) is 20.3 Å². The Morgan fingerprint density at radius 1 is 0.938 bits per heavy atom. The van der Waals surface area contributed by atoms with Crippen LogP contribution in [0, 0.1) is 13.8 Å². The molecular formula is C25H25N5O2. The Balaban J connectivity index is 1.21. The number of aromatic nitrogens is 3. The van der Waals surface area contributed by atoms with E-state index in [-0.39, 0.29) is 12.3 Å². The fourth-order valence-electron chi connectivity index (χ4n) is 4.07. The summed E-state index contributed by atoms with van der Waals surface area (Å²) in [6.45, 7) is 6.85. The zero-order chi connectivity index (χ0) is 22.1. The zero-order valence-electron chi connectivity index (χ0n) is 18.3. The summed E-state index contributed by atoms with van der Waals surface area (Å²) in [5.41, 5.74) is 5.67. The van der Waals surface area contributed by atoms with Gasteiger partial charge in [0.1, 0.15) is 5.69 Å². The highest BCUT2D eigenvalue weighted by atomic mass is 16.5. The van der Waals surface area contributed by atoms with Gasteiger partial charge in [-0.2, -0.15) is 0 Å². The van der Waals surface area contributed by atoms with Crippen molar-refractivity contribution >= 4 is 22.7 Å². The highest BCUT2D eigenvalue weighted by molar-refractivity contribution is 5.87. The number of hydrogen-bond donors (Lipinski definition) is 0. The quantitative estimate of drug-likeness (QED) is 0.493. The highest BCUT2D eigenvalue weighted by Crippen LogP contribution is 2.24. The molecule has 0 unspecified atom stereocenters. The number of carbonyl (C=O) groups excluding carboxylic acids is 1. The largest absolute Gasteiger partial charge is 0.356 e.